The standard InChI is InChI=1S/C75H147NO5/c1-3-5-7-9-11-13-15-17-18-19-20-21-31-34-37-40-44-47-51-55-59-63-67-73(78)72(71-77)76-74(79)68-64-60-56-52-48-45-41-38-35-32-29-27-25-23-22-24-26-28-30-33-36-39-42-46-50-54-58-62-66-70-81-75(80)69-65-61-57-53-49-43-16-14-12-10-8-6-4-2/h14,16,72-73,77-78H,3-13,15,17-71H2,1-2H3,(H,76,79)/b16-14-. The molecule has 0 aromatic carbocycles. The van der Waals surface area contributed by atoms with Gasteiger partial charge in [0.15, 0.2) is 0 Å². The molecule has 0 radical (unpaired) electrons. The van der Waals surface area contributed by atoms with Crippen LogP contribution in [0.3, 0.4) is 0 Å². The van der Waals surface area contributed by atoms with Crippen molar-refractivity contribution in [3.63, 3.8) is 0 Å². The Morgan fingerprint density at radius 2 is 0.580 bits per heavy atom. The zero-order valence-corrected chi connectivity index (χ0v) is 55.3. The van der Waals surface area contributed by atoms with Gasteiger partial charge in [-0.2, -0.15) is 0 Å². The number of hydrogen-bond donors (Lipinski definition) is 3. The summed E-state index contributed by atoms with van der Waals surface area (Å²) >= 11 is 0. The van der Waals surface area contributed by atoms with E-state index in [0.717, 1.165) is 44.9 Å². The highest BCUT2D eigenvalue weighted by molar-refractivity contribution is 5.76. The molecule has 6 heteroatoms. The lowest BCUT2D eigenvalue weighted by Gasteiger charge is -2.22. The minimum absolute atomic E-state index is 0.0113. The van der Waals surface area contributed by atoms with Gasteiger partial charge in [0.1, 0.15) is 0 Å². The molecular weight excluding hydrogens is 995 g/mol. The van der Waals surface area contributed by atoms with Crippen LogP contribution in [0.2, 0.25) is 0 Å². The highest BCUT2D eigenvalue weighted by atomic mass is 16.5. The summed E-state index contributed by atoms with van der Waals surface area (Å²) in [6.07, 6.45) is 88.5. The summed E-state index contributed by atoms with van der Waals surface area (Å²) < 4.78 is 5.48. The van der Waals surface area contributed by atoms with E-state index in [4.69, 9.17) is 4.74 Å². The number of ether oxygens (including phenoxy) is 1. The lowest BCUT2D eigenvalue weighted by Crippen LogP contribution is -2.45. The molecule has 1 amide bonds. The second-order valence-electron chi connectivity index (χ2n) is 26.0. The van der Waals surface area contributed by atoms with E-state index in [2.05, 4.69) is 31.3 Å². The molecule has 0 aliphatic heterocycles. The zero-order chi connectivity index (χ0) is 58.5. The maximum Gasteiger partial charge on any atom is 0.305 e. The fraction of sp³-hybridized carbons (Fsp3) is 0.947. The number of unbranched alkanes of at least 4 members (excludes halogenated alkanes) is 58. The summed E-state index contributed by atoms with van der Waals surface area (Å²) in [5.74, 6) is -0.0147. The molecule has 0 saturated heterocycles. The van der Waals surface area contributed by atoms with Crippen LogP contribution in [0.4, 0.5) is 0 Å². The molecule has 81 heavy (non-hydrogen) atoms. The van der Waals surface area contributed by atoms with Gasteiger partial charge in [-0.05, 0) is 51.4 Å². The summed E-state index contributed by atoms with van der Waals surface area (Å²) in [6.45, 7) is 4.99. The van der Waals surface area contributed by atoms with Crippen molar-refractivity contribution in [2.24, 2.45) is 0 Å². The van der Waals surface area contributed by atoms with E-state index in [1.807, 2.05) is 0 Å². The molecule has 0 heterocycles. The summed E-state index contributed by atoms with van der Waals surface area (Å²) in [4.78, 5) is 24.6. The maximum atomic E-state index is 12.6. The summed E-state index contributed by atoms with van der Waals surface area (Å²) in [7, 11) is 0. The molecule has 0 saturated carbocycles. The maximum absolute atomic E-state index is 12.6. The largest absolute Gasteiger partial charge is 0.466 e. The van der Waals surface area contributed by atoms with Gasteiger partial charge < -0.3 is 20.3 Å². The number of amides is 1. The first-order chi connectivity index (χ1) is 40.0. The molecule has 0 bridgehead atoms. The molecule has 0 aromatic rings. The predicted molar refractivity (Wildman–Crippen MR) is 357 cm³/mol. The third-order valence-electron chi connectivity index (χ3n) is 17.8. The van der Waals surface area contributed by atoms with Gasteiger partial charge in [-0.1, -0.05) is 379 Å². The van der Waals surface area contributed by atoms with E-state index in [-0.39, 0.29) is 18.5 Å². The predicted octanol–water partition coefficient (Wildman–Crippen LogP) is 24.3. The Labute approximate surface area is 508 Å². The second-order valence-corrected chi connectivity index (χ2v) is 26.0. The number of carbonyl (C=O) groups is 2. The quantitative estimate of drug-likeness (QED) is 0.0320. The van der Waals surface area contributed by atoms with Crippen LogP contribution in [0, 0.1) is 0 Å². The number of rotatable bonds is 71. The molecule has 2 unspecified atom stereocenters. The Morgan fingerprint density at radius 1 is 0.333 bits per heavy atom. The van der Waals surface area contributed by atoms with E-state index >= 15 is 0 Å². The number of carbonyl (C=O) groups excluding carboxylic acids is 2. The third kappa shape index (κ3) is 67.6. The molecule has 0 fully saturated rings. The van der Waals surface area contributed by atoms with Crippen LogP contribution in [0.5, 0.6) is 0 Å². The van der Waals surface area contributed by atoms with Crippen LogP contribution in [0.15, 0.2) is 12.2 Å². The summed E-state index contributed by atoms with van der Waals surface area (Å²) in [6, 6.07) is -0.539. The lowest BCUT2D eigenvalue weighted by atomic mass is 10.0. The minimum Gasteiger partial charge on any atom is -0.466 e. The summed E-state index contributed by atoms with van der Waals surface area (Å²) in [5, 5.41) is 23.5. The lowest BCUT2D eigenvalue weighted by molar-refractivity contribution is -0.143. The fourth-order valence-electron chi connectivity index (χ4n) is 12.1. The van der Waals surface area contributed by atoms with Crippen molar-refractivity contribution in [2.75, 3.05) is 13.2 Å². The number of esters is 1. The first-order valence-electron chi connectivity index (χ1n) is 37.4. The number of hydrogen-bond acceptors (Lipinski definition) is 5. The van der Waals surface area contributed by atoms with Crippen molar-refractivity contribution in [1.29, 1.82) is 0 Å². The molecule has 0 rings (SSSR count). The molecule has 0 aliphatic carbocycles. The van der Waals surface area contributed by atoms with Crippen molar-refractivity contribution in [3.8, 4) is 0 Å². The summed E-state index contributed by atoms with van der Waals surface area (Å²) in [5.41, 5.74) is 0. The van der Waals surface area contributed by atoms with Gasteiger partial charge in [0, 0.05) is 12.8 Å². The number of aliphatic hydroxyl groups is 2. The number of allylic oxidation sites excluding steroid dienone is 2. The smallest absolute Gasteiger partial charge is 0.305 e. The van der Waals surface area contributed by atoms with Gasteiger partial charge >= 0.3 is 5.97 Å². The molecule has 6 nitrogen and oxygen atoms in total. The van der Waals surface area contributed by atoms with Gasteiger partial charge in [-0.25, -0.2) is 0 Å². The van der Waals surface area contributed by atoms with Crippen molar-refractivity contribution in [3.05, 3.63) is 12.2 Å². The normalized spacial score (nSPS) is 12.5. The van der Waals surface area contributed by atoms with Gasteiger partial charge in [-0.3, -0.25) is 9.59 Å². The topological polar surface area (TPSA) is 95.9 Å². The van der Waals surface area contributed by atoms with Crippen LogP contribution in [-0.2, 0) is 14.3 Å². The monoisotopic (exact) mass is 1140 g/mol. The Bertz CT molecular complexity index is 1220. The van der Waals surface area contributed by atoms with Crippen LogP contribution >= 0.6 is 0 Å². The zero-order valence-electron chi connectivity index (χ0n) is 55.3. The molecule has 0 aromatic heterocycles. The van der Waals surface area contributed by atoms with Gasteiger partial charge in [0.2, 0.25) is 5.91 Å². The SMILES string of the molecule is CCCCCC/C=C\CCCCCCCC(=O)OCCCCCCCCCCCCCCCCCCCCCCCCCCCCCCCC(=O)NC(CO)C(O)CCCCCCCCCCCCCCCCCCCCCCCC. The van der Waals surface area contributed by atoms with Crippen LogP contribution in [-0.4, -0.2) is 47.4 Å². The van der Waals surface area contributed by atoms with Crippen molar-refractivity contribution in [1.82, 2.24) is 5.32 Å². The van der Waals surface area contributed by atoms with E-state index in [1.165, 1.54) is 353 Å². The van der Waals surface area contributed by atoms with Crippen LogP contribution in [0.1, 0.15) is 431 Å². The third-order valence-corrected chi connectivity index (χ3v) is 17.8. The van der Waals surface area contributed by atoms with Gasteiger partial charge in [0.05, 0.1) is 25.4 Å². The minimum atomic E-state index is -0.662. The van der Waals surface area contributed by atoms with E-state index < -0.39 is 12.1 Å². The molecule has 2 atom stereocenters. The van der Waals surface area contributed by atoms with Crippen LogP contribution in [0.25, 0.3) is 0 Å². The van der Waals surface area contributed by atoms with Gasteiger partial charge in [0.25, 0.3) is 0 Å². The molecular formula is C75H147NO5. The highest BCUT2D eigenvalue weighted by Gasteiger charge is 2.20. The van der Waals surface area contributed by atoms with E-state index in [1.54, 1.807) is 0 Å². The van der Waals surface area contributed by atoms with Crippen molar-refractivity contribution >= 4 is 11.9 Å². The Balaban J connectivity index is 3.34. The highest BCUT2D eigenvalue weighted by Crippen LogP contribution is 2.20. The average Bonchev–Trinajstić information content (AvgIpc) is 3.47. The second kappa shape index (κ2) is 71.1. The molecule has 3 N–H and O–H groups in total. The van der Waals surface area contributed by atoms with Crippen LogP contribution < -0.4 is 5.32 Å². The van der Waals surface area contributed by atoms with E-state index in [0.29, 0.717) is 25.9 Å². The Kier molecular flexibility index (Phi) is 69.9. The fourth-order valence-corrected chi connectivity index (χ4v) is 12.1. The molecule has 0 spiro atoms. The molecule has 0 aliphatic rings. The number of nitrogens with one attached hydrogen (secondary N) is 1. The van der Waals surface area contributed by atoms with Gasteiger partial charge in [-0.15, -0.1) is 0 Å². The Hall–Kier alpha value is -1.40. The number of aliphatic hydroxyl groups excluding tert-OH is 2. The van der Waals surface area contributed by atoms with E-state index in [9.17, 15) is 19.8 Å². The van der Waals surface area contributed by atoms with Crippen molar-refractivity contribution in [2.45, 2.75) is 443 Å². The molecule has 482 valence electrons. The average molecular weight is 1140 g/mol. The Morgan fingerprint density at radius 3 is 0.889 bits per heavy atom. The van der Waals surface area contributed by atoms with Crippen molar-refractivity contribution < 1.29 is 24.5 Å². The first kappa shape index (κ1) is 79.6. The first-order valence-corrected chi connectivity index (χ1v) is 37.4.